The highest BCUT2D eigenvalue weighted by atomic mass is 19.4. The number of carbonyl (C=O) groups is 2. The summed E-state index contributed by atoms with van der Waals surface area (Å²) in [6.45, 7) is -0.0295. The van der Waals surface area contributed by atoms with E-state index >= 15 is 0 Å². The first-order valence-corrected chi connectivity index (χ1v) is 10.5. The van der Waals surface area contributed by atoms with E-state index in [1.165, 1.54) is 31.2 Å². The van der Waals surface area contributed by atoms with Gasteiger partial charge in [0.25, 0.3) is 0 Å². The van der Waals surface area contributed by atoms with Gasteiger partial charge >= 0.3 is 18.5 Å². The fraction of sp³-hybridized carbons (Fsp3) is 0.261. The van der Waals surface area contributed by atoms with Crippen LogP contribution in [0.3, 0.4) is 0 Å². The molecule has 1 aromatic heterocycles. The van der Waals surface area contributed by atoms with Gasteiger partial charge in [0.05, 0.1) is 11.1 Å². The number of ether oxygens (including phenoxy) is 3. The van der Waals surface area contributed by atoms with Crippen LogP contribution >= 0.6 is 0 Å². The molecule has 1 heterocycles. The summed E-state index contributed by atoms with van der Waals surface area (Å²) < 4.78 is 93.8. The zero-order valence-electron chi connectivity index (χ0n) is 19.2. The average molecular weight is 542 g/mol. The number of hydrogen-bond acceptors (Lipinski definition) is 8. The van der Waals surface area contributed by atoms with E-state index in [0.717, 1.165) is 4.80 Å². The van der Waals surface area contributed by atoms with Gasteiger partial charge in [-0.25, -0.2) is 4.79 Å². The van der Waals surface area contributed by atoms with Gasteiger partial charge in [0, 0.05) is 11.1 Å². The van der Waals surface area contributed by atoms with Crippen LogP contribution in [0.4, 0.5) is 31.1 Å². The predicted octanol–water partition coefficient (Wildman–Crippen LogP) is 5.30. The van der Waals surface area contributed by atoms with Crippen molar-refractivity contribution in [2.24, 2.45) is 0 Å². The van der Waals surface area contributed by atoms with Crippen molar-refractivity contribution in [2.45, 2.75) is 32.1 Å². The van der Waals surface area contributed by atoms with Crippen molar-refractivity contribution in [3.8, 4) is 23.1 Å². The molecule has 38 heavy (non-hydrogen) atoms. The topological polar surface area (TPSA) is 116 Å². The first-order chi connectivity index (χ1) is 17.8. The highest BCUT2D eigenvalue weighted by molar-refractivity contribution is 5.66. The van der Waals surface area contributed by atoms with Gasteiger partial charge in [-0.05, 0) is 37.3 Å². The molecule has 1 atom stereocenters. The molecule has 0 saturated carbocycles. The number of alkyl halides is 6. The van der Waals surface area contributed by atoms with Gasteiger partial charge in [-0.15, -0.1) is 15.0 Å². The van der Waals surface area contributed by atoms with E-state index in [-0.39, 0.29) is 22.7 Å². The minimum absolute atomic E-state index is 0.00953. The fourth-order valence-electron chi connectivity index (χ4n) is 3.14. The first kappa shape index (κ1) is 28.0. The Labute approximate surface area is 210 Å². The van der Waals surface area contributed by atoms with Gasteiger partial charge in [0.15, 0.2) is 18.6 Å². The Morgan fingerprint density at radius 1 is 1.11 bits per heavy atom. The molecule has 0 aliphatic heterocycles. The van der Waals surface area contributed by atoms with Crippen molar-refractivity contribution >= 4 is 12.4 Å². The quantitative estimate of drug-likeness (QED) is 0.214. The third-order valence-corrected chi connectivity index (χ3v) is 4.84. The summed E-state index contributed by atoms with van der Waals surface area (Å²) in [4.78, 5) is 22.7. The van der Waals surface area contributed by atoms with Crippen LogP contribution in [0.1, 0.15) is 35.5 Å². The number of aromatic nitrogens is 3. The summed E-state index contributed by atoms with van der Waals surface area (Å²) >= 11 is 0. The van der Waals surface area contributed by atoms with Crippen LogP contribution in [-0.2, 0) is 33.2 Å². The molecule has 0 bridgehead atoms. The smallest absolute Gasteiger partial charge is 0.489 e. The second kappa shape index (κ2) is 11.2. The van der Waals surface area contributed by atoms with Crippen molar-refractivity contribution in [1.29, 1.82) is 5.26 Å². The van der Waals surface area contributed by atoms with Crippen LogP contribution in [0, 0.1) is 11.3 Å². The van der Waals surface area contributed by atoms with Gasteiger partial charge in [-0.3, -0.25) is 4.79 Å². The first-order valence-electron chi connectivity index (χ1n) is 10.5. The Morgan fingerprint density at radius 2 is 1.84 bits per heavy atom. The van der Waals surface area contributed by atoms with Crippen molar-refractivity contribution < 1.29 is 50.1 Å². The molecule has 0 aliphatic carbocycles. The van der Waals surface area contributed by atoms with Crippen LogP contribution < -0.4 is 4.74 Å². The molecule has 9 nitrogen and oxygen atoms in total. The number of benzene rings is 2. The number of hydrogen-bond donors (Lipinski definition) is 0. The van der Waals surface area contributed by atoms with Crippen molar-refractivity contribution in [2.75, 3.05) is 6.61 Å². The number of carbonyl (C=O) groups excluding carboxylic acids is 2. The van der Waals surface area contributed by atoms with E-state index in [0.29, 0.717) is 24.5 Å². The molecule has 0 spiro atoms. The summed E-state index contributed by atoms with van der Waals surface area (Å²) in [7, 11) is 0. The van der Waals surface area contributed by atoms with Crippen LogP contribution in [0.2, 0.25) is 0 Å². The second-order valence-corrected chi connectivity index (χ2v) is 7.46. The zero-order valence-corrected chi connectivity index (χ0v) is 19.2. The maximum Gasteiger partial charge on any atom is 0.510 e. The Bertz CT molecular complexity index is 1360. The highest BCUT2D eigenvalue weighted by Crippen LogP contribution is 2.37. The fourth-order valence-corrected chi connectivity index (χ4v) is 3.14. The van der Waals surface area contributed by atoms with Crippen LogP contribution in [0.15, 0.2) is 42.5 Å². The summed E-state index contributed by atoms with van der Waals surface area (Å²) in [6.07, 6.45) is -11.8. The van der Waals surface area contributed by atoms with E-state index in [1.807, 2.05) is 0 Å². The molecule has 2 aromatic carbocycles. The van der Waals surface area contributed by atoms with Crippen LogP contribution in [0.5, 0.6) is 5.75 Å². The molecule has 1 unspecified atom stereocenters. The summed E-state index contributed by atoms with van der Waals surface area (Å²) in [6, 6.07) is 8.36. The van der Waals surface area contributed by atoms with E-state index < -0.39 is 54.6 Å². The molecule has 0 saturated heterocycles. The Morgan fingerprint density at radius 3 is 2.47 bits per heavy atom. The molecule has 3 rings (SSSR count). The third kappa shape index (κ3) is 6.78. The van der Waals surface area contributed by atoms with Gasteiger partial charge in [-0.1, -0.05) is 12.1 Å². The molecule has 200 valence electrons. The summed E-state index contributed by atoms with van der Waals surface area (Å²) in [5.74, 6) is -0.0341. The molecule has 0 radical (unpaired) electrons. The standard InChI is InChI=1S/C23H16F6N4O5/c1-13(38-21(35)36-8-7-34)33-31-19(11-30)20(32-33)14-3-2-4-17(10-14)37-12-15-9-16(22(24,25)26)5-6-18(15)23(27,28)29/h2-7,9-10,13H,8,12H2,1H3. The van der Waals surface area contributed by atoms with Crippen LogP contribution in [-0.4, -0.2) is 34.0 Å². The van der Waals surface area contributed by atoms with Crippen molar-refractivity contribution in [3.05, 3.63) is 64.8 Å². The van der Waals surface area contributed by atoms with E-state index in [9.17, 15) is 41.2 Å². The number of rotatable bonds is 8. The van der Waals surface area contributed by atoms with Gasteiger partial charge < -0.3 is 14.2 Å². The number of nitriles is 1. The zero-order chi connectivity index (χ0) is 28.1. The lowest BCUT2D eigenvalue weighted by Crippen LogP contribution is -2.18. The Balaban J connectivity index is 1.85. The largest absolute Gasteiger partial charge is 0.510 e. The number of halogens is 6. The monoisotopic (exact) mass is 542 g/mol. The lowest BCUT2D eigenvalue weighted by Gasteiger charge is -2.16. The Hall–Kier alpha value is -4.61. The molecule has 0 fully saturated rings. The van der Waals surface area contributed by atoms with E-state index in [1.54, 1.807) is 6.07 Å². The molecule has 0 amide bonds. The number of nitrogens with zero attached hydrogens (tertiary/aromatic N) is 4. The van der Waals surface area contributed by atoms with Gasteiger partial charge in [0.2, 0.25) is 6.23 Å². The van der Waals surface area contributed by atoms with Gasteiger partial charge in [0.1, 0.15) is 24.1 Å². The van der Waals surface area contributed by atoms with Crippen molar-refractivity contribution in [1.82, 2.24) is 15.0 Å². The summed E-state index contributed by atoms with van der Waals surface area (Å²) in [5.41, 5.74) is -3.27. The molecular weight excluding hydrogens is 526 g/mol. The lowest BCUT2D eigenvalue weighted by molar-refractivity contribution is -0.142. The average Bonchev–Trinajstić information content (AvgIpc) is 3.30. The molecular formula is C23H16F6N4O5. The van der Waals surface area contributed by atoms with Gasteiger partial charge in [-0.2, -0.15) is 31.6 Å². The SMILES string of the molecule is CC(OC(=O)OCC=O)n1nc(C#N)c(-c2cccc(OCc3cc(C(F)(F)F)ccc3C(F)(F)F)c2)n1. The second-order valence-electron chi connectivity index (χ2n) is 7.46. The maximum absolute atomic E-state index is 13.3. The molecule has 0 N–H and O–H groups in total. The van der Waals surface area contributed by atoms with Crippen LogP contribution in [0.25, 0.3) is 11.3 Å². The molecule has 15 heteroatoms. The normalized spacial score (nSPS) is 12.4. The molecule has 0 aliphatic rings. The number of aldehydes is 1. The maximum atomic E-state index is 13.3. The minimum atomic E-state index is -4.91. The highest BCUT2D eigenvalue weighted by Gasteiger charge is 2.37. The third-order valence-electron chi connectivity index (χ3n) is 4.84. The van der Waals surface area contributed by atoms with E-state index in [2.05, 4.69) is 14.9 Å². The van der Waals surface area contributed by atoms with Crippen molar-refractivity contribution in [3.63, 3.8) is 0 Å². The minimum Gasteiger partial charge on any atom is -0.489 e. The Kier molecular flexibility index (Phi) is 8.24. The van der Waals surface area contributed by atoms with E-state index in [4.69, 9.17) is 9.47 Å². The lowest BCUT2D eigenvalue weighted by atomic mass is 10.0. The summed E-state index contributed by atoms with van der Waals surface area (Å²) in [5, 5.41) is 17.4. The predicted molar refractivity (Wildman–Crippen MR) is 114 cm³/mol. The molecule has 3 aromatic rings.